The molecular weight excluding hydrogens is 246 g/mol. The van der Waals surface area contributed by atoms with E-state index in [4.69, 9.17) is 16.3 Å². The van der Waals surface area contributed by atoms with Crippen LogP contribution in [-0.4, -0.2) is 19.3 Å². The predicted octanol–water partition coefficient (Wildman–Crippen LogP) is 3.95. The molecule has 18 heavy (non-hydrogen) atoms. The van der Waals surface area contributed by atoms with E-state index in [1.54, 1.807) is 0 Å². The summed E-state index contributed by atoms with van der Waals surface area (Å²) in [7, 11) is 0. The van der Waals surface area contributed by atoms with Crippen LogP contribution in [0.15, 0.2) is 24.3 Å². The van der Waals surface area contributed by atoms with Crippen LogP contribution in [0.1, 0.15) is 44.2 Å². The molecule has 1 aliphatic heterocycles. The highest BCUT2D eigenvalue weighted by atomic mass is 35.5. The Kier molecular flexibility index (Phi) is 5.48. The molecule has 0 aliphatic carbocycles. The SMILES string of the molecule is CCC(NCCC1CCCO1)c1cccc(Cl)c1. The van der Waals surface area contributed by atoms with Gasteiger partial charge < -0.3 is 10.1 Å². The smallest absolute Gasteiger partial charge is 0.0588 e. The predicted molar refractivity (Wildman–Crippen MR) is 76.1 cm³/mol. The number of nitrogens with one attached hydrogen (secondary N) is 1. The lowest BCUT2D eigenvalue weighted by atomic mass is 10.0. The minimum absolute atomic E-state index is 0.394. The number of hydrogen-bond donors (Lipinski definition) is 1. The van der Waals surface area contributed by atoms with Gasteiger partial charge in [-0.05, 0) is 49.9 Å². The van der Waals surface area contributed by atoms with E-state index in [0.29, 0.717) is 12.1 Å². The molecule has 3 heteroatoms. The molecule has 0 saturated carbocycles. The van der Waals surface area contributed by atoms with Gasteiger partial charge in [-0.2, -0.15) is 0 Å². The number of halogens is 1. The average Bonchev–Trinajstić information content (AvgIpc) is 2.88. The number of benzene rings is 1. The molecule has 1 N–H and O–H groups in total. The molecular formula is C15H22ClNO. The van der Waals surface area contributed by atoms with Gasteiger partial charge in [0.25, 0.3) is 0 Å². The first-order valence-electron chi connectivity index (χ1n) is 6.90. The third-order valence-electron chi connectivity index (χ3n) is 3.54. The second-order valence-electron chi connectivity index (χ2n) is 4.89. The molecule has 0 radical (unpaired) electrons. The van der Waals surface area contributed by atoms with Gasteiger partial charge in [0, 0.05) is 17.7 Å². The topological polar surface area (TPSA) is 21.3 Å². The summed E-state index contributed by atoms with van der Waals surface area (Å²) in [5.74, 6) is 0. The Balaban J connectivity index is 1.81. The fourth-order valence-corrected chi connectivity index (χ4v) is 2.71. The van der Waals surface area contributed by atoms with Gasteiger partial charge in [-0.25, -0.2) is 0 Å². The van der Waals surface area contributed by atoms with Gasteiger partial charge in [-0.1, -0.05) is 30.7 Å². The molecule has 0 amide bonds. The monoisotopic (exact) mass is 267 g/mol. The summed E-state index contributed by atoms with van der Waals surface area (Å²) in [6, 6.07) is 8.52. The highest BCUT2D eigenvalue weighted by Gasteiger charge is 2.16. The van der Waals surface area contributed by atoms with Crippen LogP contribution in [0.4, 0.5) is 0 Å². The van der Waals surface area contributed by atoms with Crippen LogP contribution >= 0.6 is 11.6 Å². The molecule has 1 aromatic carbocycles. The van der Waals surface area contributed by atoms with Gasteiger partial charge in [-0.15, -0.1) is 0 Å². The first-order valence-corrected chi connectivity index (χ1v) is 7.28. The molecule has 1 aromatic rings. The lowest BCUT2D eigenvalue weighted by molar-refractivity contribution is 0.103. The van der Waals surface area contributed by atoms with Crippen LogP contribution in [0, 0.1) is 0 Å². The van der Waals surface area contributed by atoms with Gasteiger partial charge >= 0.3 is 0 Å². The van der Waals surface area contributed by atoms with Crippen molar-refractivity contribution < 1.29 is 4.74 Å². The summed E-state index contributed by atoms with van der Waals surface area (Å²) < 4.78 is 5.63. The Bertz CT molecular complexity index is 363. The van der Waals surface area contributed by atoms with Crippen molar-refractivity contribution in [2.75, 3.05) is 13.2 Å². The van der Waals surface area contributed by atoms with Crippen molar-refractivity contribution in [1.29, 1.82) is 0 Å². The second-order valence-corrected chi connectivity index (χ2v) is 5.33. The minimum atomic E-state index is 0.394. The molecule has 2 rings (SSSR count). The first kappa shape index (κ1) is 13.9. The zero-order chi connectivity index (χ0) is 12.8. The summed E-state index contributed by atoms with van der Waals surface area (Å²) in [6.45, 7) is 4.15. The van der Waals surface area contributed by atoms with E-state index in [1.807, 2.05) is 12.1 Å². The van der Waals surface area contributed by atoms with Crippen molar-refractivity contribution >= 4 is 11.6 Å². The number of ether oxygens (including phenoxy) is 1. The van der Waals surface area contributed by atoms with E-state index >= 15 is 0 Å². The molecule has 0 aromatic heterocycles. The fourth-order valence-electron chi connectivity index (χ4n) is 2.51. The number of rotatable bonds is 6. The maximum absolute atomic E-state index is 6.04. The summed E-state index contributed by atoms with van der Waals surface area (Å²) in [6.07, 6.45) is 5.09. The third kappa shape index (κ3) is 3.98. The van der Waals surface area contributed by atoms with Crippen LogP contribution in [0.3, 0.4) is 0 Å². The quantitative estimate of drug-likeness (QED) is 0.843. The van der Waals surface area contributed by atoms with E-state index < -0.39 is 0 Å². The van der Waals surface area contributed by atoms with Crippen LogP contribution in [0.25, 0.3) is 0 Å². The standard InChI is InChI=1S/C15H22ClNO/c1-2-15(12-5-3-6-13(16)11-12)17-9-8-14-7-4-10-18-14/h3,5-6,11,14-15,17H,2,4,7-10H2,1H3. The lowest BCUT2D eigenvalue weighted by Gasteiger charge is -2.19. The Morgan fingerprint density at radius 2 is 2.39 bits per heavy atom. The third-order valence-corrected chi connectivity index (χ3v) is 3.78. The average molecular weight is 268 g/mol. The van der Waals surface area contributed by atoms with Crippen molar-refractivity contribution in [1.82, 2.24) is 5.32 Å². The molecule has 1 aliphatic rings. The van der Waals surface area contributed by atoms with E-state index in [1.165, 1.54) is 18.4 Å². The van der Waals surface area contributed by atoms with Gasteiger partial charge in [0.2, 0.25) is 0 Å². The largest absolute Gasteiger partial charge is 0.378 e. The molecule has 2 unspecified atom stereocenters. The molecule has 100 valence electrons. The molecule has 0 bridgehead atoms. The highest BCUT2D eigenvalue weighted by molar-refractivity contribution is 6.30. The fraction of sp³-hybridized carbons (Fsp3) is 0.600. The molecule has 1 saturated heterocycles. The van der Waals surface area contributed by atoms with E-state index in [-0.39, 0.29) is 0 Å². The van der Waals surface area contributed by atoms with Crippen LogP contribution in [-0.2, 0) is 4.74 Å². The zero-order valence-electron chi connectivity index (χ0n) is 11.0. The summed E-state index contributed by atoms with van der Waals surface area (Å²) in [5, 5.41) is 4.41. The van der Waals surface area contributed by atoms with Crippen LogP contribution in [0.5, 0.6) is 0 Å². The second kappa shape index (κ2) is 7.13. The molecule has 1 heterocycles. The summed E-state index contributed by atoms with van der Waals surface area (Å²) >= 11 is 6.04. The van der Waals surface area contributed by atoms with Crippen molar-refractivity contribution in [2.24, 2.45) is 0 Å². The number of hydrogen-bond acceptors (Lipinski definition) is 2. The minimum Gasteiger partial charge on any atom is -0.378 e. The van der Waals surface area contributed by atoms with Crippen LogP contribution < -0.4 is 5.32 Å². The van der Waals surface area contributed by atoms with E-state index in [0.717, 1.165) is 31.0 Å². The van der Waals surface area contributed by atoms with Crippen LogP contribution in [0.2, 0.25) is 5.02 Å². The molecule has 1 fully saturated rings. The Morgan fingerprint density at radius 3 is 3.06 bits per heavy atom. The zero-order valence-corrected chi connectivity index (χ0v) is 11.7. The van der Waals surface area contributed by atoms with Crippen molar-refractivity contribution in [2.45, 2.75) is 44.8 Å². The van der Waals surface area contributed by atoms with Gasteiger partial charge in [0.05, 0.1) is 6.10 Å². The van der Waals surface area contributed by atoms with Crippen molar-refractivity contribution in [3.8, 4) is 0 Å². The molecule has 2 atom stereocenters. The maximum Gasteiger partial charge on any atom is 0.0588 e. The Hall–Kier alpha value is -0.570. The highest BCUT2D eigenvalue weighted by Crippen LogP contribution is 2.21. The van der Waals surface area contributed by atoms with Gasteiger partial charge in [0.1, 0.15) is 0 Å². The van der Waals surface area contributed by atoms with Crippen molar-refractivity contribution in [3.63, 3.8) is 0 Å². The van der Waals surface area contributed by atoms with Gasteiger partial charge in [0.15, 0.2) is 0 Å². The molecule has 2 nitrogen and oxygen atoms in total. The molecule has 0 spiro atoms. The first-order chi connectivity index (χ1) is 8.79. The normalized spacial score (nSPS) is 21.1. The lowest BCUT2D eigenvalue weighted by Crippen LogP contribution is -2.24. The summed E-state index contributed by atoms with van der Waals surface area (Å²) in [4.78, 5) is 0. The Morgan fingerprint density at radius 1 is 1.50 bits per heavy atom. The Labute approximate surface area is 115 Å². The van der Waals surface area contributed by atoms with Gasteiger partial charge in [-0.3, -0.25) is 0 Å². The van der Waals surface area contributed by atoms with Crippen molar-refractivity contribution in [3.05, 3.63) is 34.9 Å². The van der Waals surface area contributed by atoms with E-state index in [2.05, 4.69) is 24.4 Å². The maximum atomic E-state index is 6.04. The van der Waals surface area contributed by atoms with E-state index in [9.17, 15) is 0 Å². The summed E-state index contributed by atoms with van der Waals surface area (Å²) in [5.41, 5.74) is 1.28.